The van der Waals surface area contributed by atoms with E-state index in [2.05, 4.69) is 18.1 Å². The largest absolute Gasteiger partial charge is 0.312 e. The molecule has 0 saturated carbocycles. The van der Waals surface area contributed by atoms with E-state index < -0.39 is 0 Å². The Morgan fingerprint density at radius 1 is 1.12 bits per heavy atom. The van der Waals surface area contributed by atoms with Gasteiger partial charge in [0.15, 0.2) is 0 Å². The average Bonchev–Trinajstić information content (AvgIpc) is 2.66. The molecule has 0 bridgehead atoms. The van der Waals surface area contributed by atoms with Gasteiger partial charge in [-0.3, -0.25) is 9.59 Å². The summed E-state index contributed by atoms with van der Waals surface area (Å²) in [6.07, 6.45) is 1.13. The molecule has 2 aromatic carbocycles. The third-order valence-electron chi connectivity index (χ3n) is 5.20. The summed E-state index contributed by atoms with van der Waals surface area (Å²) >= 11 is 0. The predicted molar refractivity (Wildman–Crippen MR) is 103 cm³/mol. The molecule has 0 unspecified atom stereocenters. The van der Waals surface area contributed by atoms with Crippen LogP contribution in [0.25, 0.3) is 10.8 Å². The molecule has 0 radical (unpaired) electrons. The van der Waals surface area contributed by atoms with Crippen molar-refractivity contribution in [3.05, 3.63) is 70.1 Å². The van der Waals surface area contributed by atoms with Gasteiger partial charge in [0.05, 0.1) is 17.5 Å². The number of carbonyl (C=O) groups is 1. The Hall–Kier alpha value is -2.95. The first kappa shape index (κ1) is 16.5. The number of fused-ring (bicyclic) bond motifs is 2. The van der Waals surface area contributed by atoms with E-state index in [-0.39, 0.29) is 17.9 Å². The Balaban J connectivity index is 1.72. The van der Waals surface area contributed by atoms with Crippen LogP contribution in [0.1, 0.15) is 30.5 Å². The van der Waals surface area contributed by atoms with Gasteiger partial charge in [-0.05, 0) is 30.0 Å². The molecule has 132 valence electrons. The zero-order chi connectivity index (χ0) is 18.3. The van der Waals surface area contributed by atoms with Gasteiger partial charge in [0.25, 0.3) is 5.56 Å². The van der Waals surface area contributed by atoms with Gasteiger partial charge < -0.3 is 4.90 Å². The van der Waals surface area contributed by atoms with Crippen molar-refractivity contribution >= 4 is 22.4 Å². The Kier molecular flexibility index (Phi) is 4.07. The lowest BCUT2D eigenvalue weighted by molar-refractivity contribution is -0.118. The maximum Gasteiger partial charge on any atom is 0.274 e. The predicted octanol–water partition coefficient (Wildman–Crippen LogP) is 3.02. The minimum Gasteiger partial charge on any atom is -0.312 e. The van der Waals surface area contributed by atoms with Crippen LogP contribution in [0, 0.1) is 0 Å². The molecule has 0 N–H and O–H groups in total. The quantitative estimate of drug-likeness (QED) is 0.716. The lowest BCUT2D eigenvalue weighted by Crippen LogP contribution is -2.37. The van der Waals surface area contributed by atoms with Gasteiger partial charge >= 0.3 is 0 Å². The molecule has 0 saturated heterocycles. The second kappa shape index (κ2) is 6.41. The van der Waals surface area contributed by atoms with Crippen molar-refractivity contribution in [3.63, 3.8) is 0 Å². The highest BCUT2D eigenvalue weighted by atomic mass is 16.2. The molecular weight excluding hydrogens is 326 g/mol. The van der Waals surface area contributed by atoms with Crippen LogP contribution >= 0.6 is 0 Å². The molecule has 0 spiro atoms. The zero-order valence-corrected chi connectivity index (χ0v) is 15.0. The Labute approximate surface area is 151 Å². The molecule has 26 heavy (non-hydrogen) atoms. The number of para-hydroxylation sites is 1. The number of hydrogen-bond donors (Lipinski definition) is 0. The van der Waals surface area contributed by atoms with E-state index in [1.807, 2.05) is 41.3 Å². The van der Waals surface area contributed by atoms with Gasteiger partial charge in [-0.15, -0.1) is 0 Å². The average molecular weight is 347 g/mol. The van der Waals surface area contributed by atoms with E-state index in [9.17, 15) is 9.59 Å². The number of aryl methyl sites for hydroxylation is 1. The molecular formula is C21H21N3O2. The number of rotatable bonds is 2. The number of aromatic nitrogens is 2. The van der Waals surface area contributed by atoms with Crippen LogP contribution in [0.4, 0.5) is 5.69 Å². The first-order valence-electron chi connectivity index (χ1n) is 8.90. The minimum atomic E-state index is -0.144. The maximum absolute atomic E-state index is 13.1. The molecule has 1 aliphatic rings. The van der Waals surface area contributed by atoms with Gasteiger partial charge in [-0.1, -0.05) is 43.3 Å². The van der Waals surface area contributed by atoms with Crippen LogP contribution in [0.5, 0.6) is 0 Å². The standard InChI is InChI=1S/C21H21N3O2/c1-14-11-12-24(19-10-6-5-7-15(14)19)20(25)13-18-16-8-3-4-9-17(16)21(26)23(2)22-18/h3-10,14H,11-13H2,1-2H3/t14-/m1/s1. The van der Waals surface area contributed by atoms with E-state index in [0.29, 0.717) is 23.5 Å². The molecule has 5 heteroatoms. The molecule has 1 amide bonds. The topological polar surface area (TPSA) is 55.2 Å². The third-order valence-corrected chi connectivity index (χ3v) is 5.20. The van der Waals surface area contributed by atoms with Gasteiger partial charge in [-0.2, -0.15) is 5.10 Å². The van der Waals surface area contributed by atoms with Crippen LogP contribution in [0.15, 0.2) is 53.3 Å². The molecule has 4 rings (SSSR count). The Bertz CT molecular complexity index is 1050. The van der Waals surface area contributed by atoms with Gasteiger partial charge in [0, 0.05) is 24.7 Å². The number of carbonyl (C=O) groups excluding carboxylic acids is 1. The lowest BCUT2D eigenvalue weighted by atomic mass is 9.91. The SMILES string of the molecule is C[C@@H]1CCN(C(=O)Cc2nn(C)c(=O)c3ccccc23)c2ccccc21. The van der Waals surface area contributed by atoms with Gasteiger partial charge in [0.2, 0.25) is 5.91 Å². The van der Waals surface area contributed by atoms with E-state index >= 15 is 0 Å². The summed E-state index contributed by atoms with van der Waals surface area (Å²) < 4.78 is 1.32. The first-order valence-corrected chi connectivity index (χ1v) is 8.90. The van der Waals surface area contributed by atoms with Crippen molar-refractivity contribution in [2.24, 2.45) is 7.05 Å². The molecule has 1 aromatic heterocycles. The molecule has 3 aromatic rings. The van der Waals surface area contributed by atoms with Crippen molar-refractivity contribution < 1.29 is 4.79 Å². The summed E-state index contributed by atoms with van der Waals surface area (Å²) in [5.74, 6) is 0.465. The normalized spacial score (nSPS) is 16.5. The van der Waals surface area contributed by atoms with Gasteiger partial charge in [0.1, 0.15) is 0 Å². The van der Waals surface area contributed by atoms with Crippen LogP contribution < -0.4 is 10.5 Å². The summed E-state index contributed by atoms with van der Waals surface area (Å²) in [5, 5.41) is 5.71. The van der Waals surface area contributed by atoms with Crippen LogP contribution in [-0.2, 0) is 18.3 Å². The monoisotopic (exact) mass is 347 g/mol. The van der Waals surface area contributed by atoms with E-state index in [1.165, 1.54) is 10.2 Å². The summed E-state index contributed by atoms with van der Waals surface area (Å²) in [6.45, 7) is 2.91. The highest BCUT2D eigenvalue weighted by molar-refractivity contribution is 5.98. The van der Waals surface area contributed by atoms with Crippen LogP contribution in [0.3, 0.4) is 0 Å². The van der Waals surface area contributed by atoms with Crippen LogP contribution in [0.2, 0.25) is 0 Å². The van der Waals surface area contributed by atoms with Crippen molar-refractivity contribution in [2.45, 2.75) is 25.7 Å². The second-order valence-corrected chi connectivity index (χ2v) is 6.89. The number of hydrogen-bond acceptors (Lipinski definition) is 3. The number of nitrogens with zero attached hydrogens (tertiary/aromatic N) is 3. The smallest absolute Gasteiger partial charge is 0.274 e. The Morgan fingerprint density at radius 3 is 2.62 bits per heavy atom. The van der Waals surface area contributed by atoms with Crippen molar-refractivity contribution in [2.75, 3.05) is 11.4 Å². The summed E-state index contributed by atoms with van der Waals surface area (Å²) in [5.41, 5.74) is 2.70. The lowest BCUT2D eigenvalue weighted by Gasteiger charge is -2.33. The highest BCUT2D eigenvalue weighted by Gasteiger charge is 2.26. The van der Waals surface area contributed by atoms with Crippen molar-refractivity contribution in [3.8, 4) is 0 Å². The molecule has 1 atom stereocenters. The van der Waals surface area contributed by atoms with E-state index in [0.717, 1.165) is 17.5 Å². The van der Waals surface area contributed by atoms with Crippen LogP contribution in [-0.4, -0.2) is 22.2 Å². The zero-order valence-electron chi connectivity index (χ0n) is 15.0. The minimum absolute atomic E-state index is 0.0145. The molecule has 1 aliphatic heterocycles. The number of anilines is 1. The summed E-state index contributed by atoms with van der Waals surface area (Å²) in [7, 11) is 1.63. The summed E-state index contributed by atoms with van der Waals surface area (Å²) in [6, 6.07) is 15.4. The molecule has 0 aliphatic carbocycles. The molecule has 2 heterocycles. The van der Waals surface area contributed by atoms with E-state index in [4.69, 9.17) is 0 Å². The molecule has 0 fully saturated rings. The van der Waals surface area contributed by atoms with Crippen molar-refractivity contribution in [1.29, 1.82) is 0 Å². The fraction of sp³-hybridized carbons (Fsp3) is 0.286. The summed E-state index contributed by atoms with van der Waals surface area (Å²) in [4.78, 5) is 27.2. The third kappa shape index (κ3) is 2.69. The highest BCUT2D eigenvalue weighted by Crippen LogP contribution is 2.35. The van der Waals surface area contributed by atoms with Gasteiger partial charge in [-0.25, -0.2) is 4.68 Å². The number of benzene rings is 2. The first-order chi connectivity index (χ1) is 12.6. The Morgan fingerprint density at radius 2 is 1.81 bits per heavy atom. The fourth-order valence-electron chi connectivity index (χ4n) is 3.75. The maximum atomic E-state index is 13.1. The fourth-order valence-corrected chi connectivity index (χ4v) is 3.75. The second-order valence-electron chi connectivity index (χ2n) is 6.89. The van der Waals surface area contributed by atoms with E-state index in [1.54, 1.807) is 13.1 Å². The molecule has 5 nitrogen and oxygen atoms in total. The number of amides is 1. The van der Waals surface area contributed by atoms with Crippen molar-refractivity contribution in [1.82, 2.24) is 9.78 Å².